The Morgan fingerprint density at radius 2 is 2.00 bits per heavy atom. The Morgan fingerprint density at radius 1 is 1.35 bits per heavy atom. The number of likely N-dealkylation sites (tertiary alicyclic amines) is 1. The van der Waals surface area contributed by atoms with E-state index < -0.39 is 5.97 Å². The van der Waals surface area contributed by atoms with E-state index in [1.807, 2.05) is 0 Å². The lowest BCUT2D eigenvalue weighted by Gasteiger charge is -2.16. The van der Waals surface area contributed by atoms with Crippen molar-refractivity contribution in [3.8, 4) is 0 Å². The summed E-state index contributed by atoms with van der Waals surface area (Å²) in [7, 11) is 0. The van der Waals surface area contributed by atoms with E-state index in [0.29, 0.717) is 11.3 Å². The largest absolute Gasteiger partial charge is 0.478 e. The van der Waals surface area contributed by atoms with Gasteiger partial charge in [0.2, 0.25) is 0 Å². The molecule has 0 radical (unpaired) electrons. The van der Waals surface area contributed by atoms with Crippen molar-refractivity contribution in [2.75, 3.05) is 18.8 Å². The van der Waals surface area contributed by atoms with E-state index in [1.165, 1.54) is 12.8 Å². The zero-order chi connectivity index (χ0) is 11.5. The lowest BCUT2D eigenvalue weighted by Crippen LogP contribution is -2.19. The Morgan fingerprint density at radius 3 is 2.59 bits per heavy atom. The summed E-state index contributed by atoms with van der Waals surface area (Å²) in [6.07, 6.45) is 2.44. The van der Waals surface area contributed by atoms with Gasteiger partial charge >= 0.3 is 5.97 Å². The molecule has 1 aliphatic rings. The maximum atomic E-state index is 10.8. The number of anilines is 1. The minimum absolute atomic E-state index is 0. The van der Waals surface area contributed by atoms with Crippen LogP contribution in [0.2, 0.25) is 0 Å². The monoisotopic (exact) mass is 256 g/mol. The third-order valence-electron chi connectivity index (χ3n) is 2.98. The minimum atomic E-state index is -0.900. The van der Waals surface area contributed by atoms with Crippen LogP contribution in [0.3, 0.4) is 0 Å². The molecule has 0 amide bonds. The van der Waals surface area contributed by atoms with Crippen LogP contribution >= 0.6 is 12.4 Å². The van der Waals surface area contributed by atoms with Gasteiger partial charge in [-0.3, -0.25) is 4.90 Å². The summed E-state index contributed by atoms with van der Waals surface area (Å²) in [5, 5.41) is 8.91. The number of benzene rings is 1. The number of nitrogens with two attached hydrogens (primary N) is 1. The summed E-state index contributed by atoms with van der Waals surface area (Å²) >= 11 is 0. The molecule has 0 atom stereocenters. The molecular weight excluding hydrogens is 240 g/mol. The van der Waals surface area contributed by atoms with Crippen molar-refractivity contribution >= 4 is 24.1 Å². The number of nitrogens with zero attached hydrogens (tertiary/aromatic N) is 1. The fraction of sp³-hybridized carbons (Fsp3) is 0.417. The highest BCUT2D eigenvalue weighted by atomic mass is 35.5. The molecule has 1 saturated heterocycles. The summed E-state index contributed by atoms with van der Waals surface area (Å²) in [6, 6.07) is 4.90. The van der Waals surface area contributed by atoms with Gasteiger partial charge in [0.25, 0.3) is 0 Å². The second-order valence-electron chi connectivity index (χ2n) is 4.20. The van der Waals surface area contributed by atoms with E-state index in [1.54, 1.807) is 18.2 Å². The molecule has 4 nitrogen and oxygen atoms in total. The van der Waals surface area contributed by atoms with Gasteiger partial charge in [-0.25, -0.2) is 4.79 Å². The van der Waals surface area contributed by atoms with Crippen LogP contribution in [-0.4, -0.2) is 29.1 Å². The zero-order valence-corrected chi connectivity index (χ0v) is 10.4. The van der Waals surface area contributed by atoms with Crippen LogP contribution in [0.4, 0.5) is 5.69 Å². The Balaban J connectivity index is 0.00000144. The van der Waals surface area contributed by atoms with E-state index in [-0.39, 0.29) is 12.4 Å². The maximum Gasteiger partial charge on any atom is 0.335 e. The van der Waals surface area contributed by atoms with Crippen LogP contribution < -0.4 is 5.73 Å². The third-order valence-corrected chi connectivity index (χ3v) is 2.98. The lowest BCUT2D eigenvalue weighted by atomic mass is 10.1. The first kappa shape index (κ1) is 13.8. The molecule has 0 spiro atoms. The van der Waals surface area contributed by atoms with Crippen molar-refractivity contribution in [2.24, 2.45) is 0 Å². The summed E-state index contributed by atoms with van der Waals surface area (Å²) in [4.78, 5) is 13.2. The van der Waals surface area contributed by atoms with Crippen LogP contribution in [0, 0.1) is 0 Å². The number of hydrogen-bond donors (Lipinski definition) is 2. The second kappa shape index (κ2) is 5.89. The van der Waals surface area contributed by atoms with Gasteiger partial charge < -0.3 is 10.8 Å². The standard InChI is InChI=1S/C12H16N2O2.ClH/c13-11-4-3-9(12(15)16)7-10(11)8-14-5-1-2-6-14;/h3-4,7H,1-2,5-6,8,13H2,(H,15,16);1H. The van der Waals surface area contributed by atoms with Crippen molar-refractivity contribution < 1.29 is 9.90 Å². The number of carboxylic acid groups (broad SMARTS) is 1. The highest BCUT2D eigenvalue weighted by Gasteiger charge is 2.14. The highest BCUT2D eigenvalue weighted by Crippen LogP contribution is 2.19. The molecular formula is C12H17ClN2O2. The Hall–Kier alpha value is -1.26. The van der Waals surface area contributed by atoms with Crippen molar-refractivity contribution in [3.05, 3.63) is 29.3 Å². The lowest BCUT2D eigenvalue weighted by molar-refractivity contribution is 0.0696. The molecule has 5 heteroatoms. The Bertz CT molecular complexity index is 403. The molecule has 1 heterocycles. The highest BCUT2D eigenvalue weighted by molar-refractivity contribution is 5.88. The summed E-state index contributed by atoms with van der Waals surface area (Å²) in [5.41, 5.74) is 7.75. The predicted octanol–water partition coefficient (Wildman–Crippen LogP) is 1.98. The summed E-state index contributed by atoms with van der Waals surface area (Å²) in [5.74, 6) is -0.900. The number of carbonyl (C=O) groups is 1. The first-order valence-electron chi connectivity index (χ1n) is 5.51. The normalized spacial score (nSPS) is 15.5. The SMILES string of the molecule is Cl.Nc1ccc(C(=O)O)cc1CN1CCCC1. The number of carboxylic acids is 1. The molecule has 0 unspecified atom stereocenters. The molecule has 0 saturated carbocycles. The number of halogens is 1. The van der Waals surface area contributed by atoms with Crippen LogP contribution in [0.5, 0.6) is 0 Å². The van der Waals surface area contributed by atoms with Crippen molar-refractivity contribution in [1.82, 2.24) is 4.90 Å². The topological polar surface area (TPSA) is 66.6 Å². The molecule has 0 bridgehead atoms. The van der Waals surface area contributed by atoms with Gasteiger partial charge in [0.1, 0.15) is 0 Å². The van der Waals surface area contributed by atoms with E-state index in [9.17, 15) is 4.79 Å². The van der Waals surface area contributed by atoms with Crippen LogP contribution in [0.25, 0.3) is 0 Å². The third kappa shape index (κ3) is 3.35. The molecule has 1 fully saturated rings. The maximum absolute atomic E-state index is 10.8. The van der Waals surface area contributed by atoms with Crippen LogP contribution in [0.15, 0.2) is 18.2 Å². The summed E-state index contributed by atoms with van der Waals surface area (Å²) in [6.45, 7) is 2.92. The zero-order valence-electron chi connectivity index (χ0n) is 9.56. The first-order valence-corrected chi connectivity index (χ1v) is 5.51. The molecule has 2 rings (SSSR count). The van der Waals surface area contributed by atoms with Gasteiger partial charge in [0, 0.05) is 12.2 Å². The van der Waals surface area contributed by atoms with Crippen LogP contribution in [-0.2, 0) is 6.54 Å². The van der Waals surface area contributed by atoms with Crippen molar-refractivity contribution in [2.45, 2.75) is 19.4 Å². The summed E-state index contributed by atoms with van der Waals surface area (Å²) < 4.78 is 0. The van der Waals surface area contributed by atoms with Crippen LogP contribution in [0.1, 0.15) is 28.8 Å². The fourth-order valence-corrected chi connectivity index (χ4v) is 2.06. The van der Waals surface area contributed by atoms with Crippen molar-refractivity contribution in [3.63, 3.8) is 0 Å². The van der Waals surface area contributed by atoms with Gasteiger partial charge in [-0.05, 0) is 49.7 Å². The van der Waals surface area contributed by atoms with Gasteiger partial charge in [0.05, 0.1) is 5.56 Å². The van der Waals surface area contributed by atoms with E-state index >= 15 is 0 Å². The van der Waals surface area contributed by atoms with Gasteiger partial charge in [-0.1, -0.05) is 0 Å². The first-order chi connectivity index (χ1) is 7.66. The predicted molar refractivity (Wildman–Crippen MR) is 69.6 cm³/mol. The number of hydrogen-bond acceptors (Lipinski definition) is 3. The van der Waals surface area contributed by atoms with Gasteiger partial charge in [-0.2, -0.15) is 0 Å². The van der Waals surface area contributed by atoms with E-state index in [0.717, 1.165) is 25.2 Å². The smallest absolute Gasteiger partial charge is 0.335 e. The van der Waals surface area contributed by atoms with Crippen molar-refractivity contribution in [1.29, 1.82) is 0 Å². The molecule has 94 valence electrons. The average Bonchev–Trinajstić information content (AvgIpc) is 2.73. The molecule has 17 heavy (non-hydrogen) atoms. The molecule has 1 aromatic rings. The van der Waals surface area contributed by atoms with Gasteiger partial charge in [-0.15, -0.1) is 12.4 Å². The second-order valence-corrected chi connectivity index (χ2v) is 4.20. The number of nitrogen functional groups attached to an aromatic ring is 1. The number of aromatic carboxylic acids is 1. The molecule has 1 aliphatic heterocycles. The Labute approximate surface area is 107 Å². The molecule has 0 aromatic heterocycles. The van der Waals surface area contributed by atoms with E-state index in [4.69, 9.17) is 10.8 Å². The Kier molecular flexibility index (Phi) is 4.78. The minimum Gasteiger partial charge on any atom is -0.478 e. The quantitative estimate of drug-likeness (QED) is 0.812. The molecule has 0 aliphatic carbocycles. The molecule has 3 N–H and O–H groups in total. The number of rotatable bonds is 3. The van der Waals surface area contributed by atoms with E-state index in [2.05, 4.69) is 4.90 Å². The fourth-order valence-electron chi connectivity index (χ4n) is 2.06. The average molecular weight is 257 g/mol. The molecule has 1 aromatic carbocycles. The van der Waals surface area contributed by atoms with Gasteiger partial charge in [0.15, 0.2) is 0 Å².